The smallest absolute Gasteiger partial charge is 0.404 e. The summed E-state index contributed by atoms with van der Waals surface area (Å²) >= 11 is 5.34. The summed E-state index contributed by atoms with van der Waals surface area (Å²) in [5, 5.41) is 10.8. The van der Waals surface area contributed by atoms with Crippen LogP contribution in [-0.4, -0.2) is 34.5 Å². The second-order valence-corrected chi connectivity index (χ2v) is 7.00. The van der Waals surface area contributed by atoms with Crippen LogP contribution in [0.3, 0.4) is 0 Å². The van der Waals surface area contributed by atoms with Crippen molar-refractivity contribution in [2.24, 2.45) is 0 Å². The summed E-state index contributed by atoms with van der Waals surface area (Å²) in [6.45, 7) is 3.72. The Labute approximate surface area is 157 Å². The summed E-state index contributed by atoms with van der Waals surface area (Å²) in [4.78, 5) is 21.4. The van der Waals surface area contributed by atoms with Crippen molar-refractivity contribution in [2.75, 3.05) is 13.6 Å². The van der Waals surface area contributed by atoms with E-state index in [0.717, 1.165) is 17.7 Å². The number of carbonyl (C=O) groups is 1. The van der Waals surface area contributed by atoms with Crippen LogP contribution in [0.4, 0.5) is 10.5 Å². The van der Waals surface area contributed by atoms with Gasteiger partial charge in [0, 0.05) is 34.9 Å². The van der Waals surface area contributed by atoms with Crippen molar-refractivity contribution in [3.63, 3.8) is 0 Å². The lowest BCUT2D eigenvalue weighted by atomic mass is 10.1. The van der Waals surface area contributed by atoms with Crippen LogP contribution >= 0.6 is 11.6 Å². The number of likely N-dealkylation sites (N-methyl/N-ethyl adjacent to an activating group) is 1. The Hall–Kier alpha value is -2.44. The van der Waals surface area contributed by atoms with E-state index in [1.807, 2.05) is 30.3 Å². The number of carbonyl (C=O) groups excluding carboxylic acids is 1. The van der Waals surface area contributed by atoms with Crippen LogP contribution in [0.15, 0.2) is 54.6 Å². The first-order valence-corrected chi connectivity index (χ1v) is 8.62. The molecule has 0 aliphatic rings. The molecule has 2 aromatic rings. The summed E-state index contributed by atoms with van der Waals surface area (Å²) < 4.78 is 5.66. The van der Waals surface area contributed by atoms with Gasteiger partial charge in [-0.2, -0.15) is 0 Å². The molecule has 0 saturated heterocycles. The highest BCUT2D eigenvalue weighted by molar-refractivity contribution is 6.61. The SMILES string of the molecule is CC(C[N+](C)(Cc1ccccc1)Cc1ccc([N+](=O)[O-])cc1)OC(=O)Cl. The van der Waals surface area contributed by atoms with Gasteiger partial charge < -0.3 is 9.22 Å². The van der Waals surface area contributed by atoms with E-state index in [0.29, 0.717) is 17.6 Å². The summed E-state index contributed by atoms with van der Waals surface area (Å²) in [5.74, 6) is 0. The minimum Gasteiger partial charge on any atom is -0.445 e. The first-order valence-electron chi connectivity index (χ1n) is 8.24. The second-order valence-electron chi connectivity index (χ2n) is 6.69. The van der Waals surface area contributed by atoms with Gasteiger partial charge in [-0.3, -0.25) is 10.1 Å². The highest BCUT2D eigenvalue weighted by atomic mass is 35.5. The van der Waals surface area contributed by atoms with Crippen LogP contribution in [-0.2, 0) is 17.8 Å². The van der Waals surface area contributed by atoms with E-state index >= 15 is 0 Å². The van der Waals surface area contributed by atoms with Gasteiger partial charge in [-0.1, -0.05) is 30.3 Å². The van der Waals surface area contributed by atoms with Crippen molar-refractivity contribution in [3.8, 4) is 0 Å². The fourth-order valence-electron chi connectivity index (χ4n) is 3.19. The van der Waals surface area contributed by atoms with Crippen molar-refractivity contribution in [2.45, 2.75) is 26.1 Å². The lowest BCUT2D eigenvalue weighted by Crippen LogP contribution is -2.47. The molecule has 0 aliphatic carbocycles. The maximum Gasteiger partial charge on any atom is 0.404 e. The highest BCUT2D eigenvalue weighted by Crippen LogP contribution is 2.21. The average molecular weight is 378 g/mol. The van der Waals surface area contributed by atoms with Crippen molar-refractivity contribution in [3.05, 3.63) is 75.8 Å². The van der Waals surface area contributed by atoms with Crippen LogP contribution in [0.5, 0.6) is 0 Å². The molecule has 0 bridgehead atoms. The fourth-order valence-corrected chi connectivity index (χ4v) is 3.34. The molecule has 0 amide bonds. The van der Waals surface area contributed by atoms with Crippen LogP contribution < -0.4 is 0 Å². The summed E-state index contributed by atoms with van der Waals surface area (Å²) in [6.07, 6.45) is -0.355. The molecular weight excluding hydrogens is 356 g/mol. The zero-order valence-corrected chi connectivity index (χ0v) is 15.6. The van der Waals surface area contributed by atoms with Crippen LogP contribution in [0.25, 0.3) is 0 Å². The molecule has 2 rings (SSSR count). The molecule has 0 radical (unpaired) electrons. The Kier molecular flexibility index (Phi) is 6.71. The van der Waals surface area contributed by atoms with E-state index in [-0.39, 0.29) is 11.8 Å². The predicted octanol–water partition coefficient (Wildman–Crippen LogP) is 4.51. The van der Waals surface area contributed by atoms with Gasteiger partial charge in [0.05, 0.1) is 12.0 Å². The summed E-state index contributed by atoms with van der Waals surface area (Å²) in [7, 11) is 2.06. The Bertz CT molecular complexity index is 752. The van der Waals surface area contributed by atoms with E-state index in [9.17, 15) is 14.9 Å². The standard InChI is InChI=1S/C19H22ClN2O4/c1-15(26-19(20)23)12-22(2,13-16-6-4-3-5-7-16)14-17-8-10-18(11-9-17)21(24)25/h3-11,15H,12-14H2,1-2H3/q+1. The van der Waals surface area contributed by atoms with E-state index in [1.165, 1.54) is 12.1 Å². The molecule has 0 N–H and O–H groups in total. The van der Waals surface area contributed by atoms with Gasteiger partial charge in [0.2, 0.25) is 0 Å². The Morgan fingerprint density at radius 1 is 1.12 bits per heavy atom. The maximum atomic E-state index is 11.0. The van der Waals surface area contributed by atoms with E-state index in [4.69, 9.17) is 16.3 Å². The molecule has 26 heavy (non-hydrogen) atoms. The molecule has 0 aromatic heterocycles. The highest BCUT2D eigenvalue weighted by Gasteiger charge is 2.27. The zero-order valence-electron chi connectivity index (χ0n) is 14.8. The Morgan fingerprint density at radius 2 is 1.65 bits per heavy atom. The minimum atomic E-state index is -0.820. The molecule has 0 fully saturated rings. The zero-order chi connectivity index (χ0) is 19.2. The number of rotatable bonds is 8. The molecular formula is C19H22ClN2O4+. The number of non-ortho nitro benzene ring substituents is 1. The fraction of sp³-hybridized carbons (Fsp3) is 0.316. The molecule has 0 aliphatic heterocycles. The van der Waals surface area contributed by atoms with Gasteiger partial charge in [0.25, 0.3) is 5.69 Å². The number of nitro benzene ring substituents is 1. The first-order chi connectivity index (χ1) is 12.3. The van der Waals surface area contributed by atoms with Crippen LogP contribution in [0.2, 0.25) is 0 Å². The van der Waals surface area contributed by atoms with Crippen LogP contribution in [0.1, 0.15) is 18.1 Å². The number of hydrogen-bond acceptors (Lipinski definition) is 4. The summed E-state index contributed by atoms with van der Waals surface area (Å²) in [6, 6.07) is 16.5. The molecule has 2 atom stereocenters. The predicted molar refractivity (Wildman–Crippen MR) is 99.8 cm³/mol. The Balaban J connectivity index is 2.20. The number of nitro groups is 1. The quantitative estimate of drug-likeness (QED) is 0.294. The van der Waals surface area contributed by atoms with E-state index in [2.05, 4.69) is 7.05 Å². The van der Waals surface area contributed by atoms with E-state index in [1.54, 1.807) is 19.1 Å². The first kappa shape index (κ1) is 19.9. The lowest BCUT2D eigenvalue weighted by Gasteiger charge is -2.36. The van der Waals surface area contributed by atoms with Crippen molar-refractivity contribution < 1.29 is 18.9 Å². The third-order valence-corrected chi connectivity index (χ3v) is 4.20. The van der Waals surface area contributed by atoms with Crippen LogP contribution in [0, 0.1) is 10.1 Å². The topological polar surface area (TPSA) is 69.4 Å². The molecule has 6 nitrogen and oxygen atoms in total. The van der Waals surface area contributed by atoms with Crippen molar-refractivity contribution >= 4 is 22.7 Å². The van der Waals surface area contributed by atoms with Gasteiger partial charge in [-0.25, -0.2) is 4.79 Å². The Morgan fingerprint density at radius 3 is 2.15 bits per heavy atom. The summed E-state index contributed by atoms with van der Waals surface area (Å²) in [5.41, 5.74) is 1.37. The minimum absolute atomic E-state index is 0.0652. The normalized spacial score (nSPS) is 14.3. The van der Waals surface area contributed by atoms with E-state index < -0.39 is 10.4 Å². The largest absolute Gasteiger partial charge is 0.445 e. The van der Waals surface area contributed by atoms with Gasteiger partial charge in [-0.15, -0.1) is 0 Å². The number of ether oxygens (including phenoxy) is 1. The molecule has 2 unspecified atom stereocenters. The molecule has 0 saturated carbocycles. The van der Waals surface area contributed by atoms with Gasteiger partial charge in [0.15, 0.2) is 0 Å². The molecule has 0 heterocycles. The van der Waals surface area contributed by atoms with Crippen molar-refractivity contribution in [1.29, 1.82) is 0 Å². The number of nitrogens with zero attached hydrogens (tertiary/aromatic N) is 2. The van der Waals surface area contributed by atoms with Gasteiger partial charge in [-0.05, 0) is 19.1 Å². The second kappa shape index (κ2) is 8.78. The average Bonchev–Trinajstić information content (AvgIpc) is 2.54. The van der Waals surface area contributed by atoms with Gasteiger partial charge >= 0.3 is 5.43 Å². The molecule has 2 aromatic carbocycles. The number of halogens is 1. The molecule has 7 heteroatoms. The third-order valence-electron chi connectivity index (χ3n) is 4.11. The monoisotopic (exact) mass is 377 g/mol. The lowest BCUT2D eigenvalue weighted by molar-refractivity contribution is -0.937. The molecule has 138 valence electrons. The third kappa shape index (κ3) is 6.13. The maximum absolute atomic E-state index is 11.0. The van der Waals surface area contributed by atoms with Crippen molar-refractivity contribution in [1.82, 2.24) is 0 Å². The molecule has 0 spiro atoms. The number of quaternary nitrogens is 1. The number of benzene rings is 2. The number of hydrogen-bond donors (Lipinski definition) is 0. The van der Waals surface area contributed by atoms with Gasteiger partial charge in [0.1, 0.15) is 25.7 Å².